The number of rotatable bonds is 5. The van der Waals surface area contributed by atoms with Crippen molar-refractivity contribution in [3.63, 3.8) is 0 Å². The Morgan fingerprint density at radius 1 is 1.11 bits per heavy atom. The van der Waals surface area contributed by atoms with Crippen molar-refractivity contribution in [1.29, 1.82) is 0 Å². The van der Waals surface area contributed by atoms with Crippen molar-refractivity contribution in [2.45, 2.75) is 34.3 Å². The van der Waals surface area contributed by atoms with E-state index >= 15 is 0 Å². The highest BCUT2D eigenvalue weighted by atomic mass is 32.1. The molecule has 0 saturated carbocycles. The number of benzene rings is 2. The van der Waals surface area contributed by atoms with Gasteiger partial charge in [-0.2, -0.15) is 0 Å². The standard InChI is InChI=1S/C22H22N2O3S/c1-14-7-5-9-19(11-14)24(17(4)25)22-23-18(13-28-22)12-27-21(26)20-10-6-8-15(2)16(20)3/h5-11,13H,12H2,1-4H3. The van der Waals surface area contributed by atoms with E-state index in [0.717, 1.165) is 22.4 Å². The highest BCUT2D eigenvalue weighted by molar-refractivity contribution is 7.14. The smallest absolute Gasteiger partial charge is 0.338 e. The van der Waals surface area contributed by atoms with Crippen molar-refractivity contribution in [1.82, 2.24) is 4.98 Å². The van der Waals surface area contributed by atoms with Gasteiger partial charge >= 0.3 is 5.97 Å². The molecule has 1 amide bonds. The van der Waals surface area contributed by atoms with Crippen molar-refractivity contribution in [2.75, 3.05) is 4.90 Å². The van der Waals surface area contributed by atoms with Gasteiger partial charge in [-0.15, -0.1) is 11.3 Å². The number of hydrogen-bond donors (Lipinski definition) is 0. The zero-order chi connectivity index (χ0) is 20.3. The minimum Gasteiger partial charge on any atom is -0.456 e. The fourth-order valence-electron chi connectivity index (χ4n) is 2.85. The van der Waals surface area contributed by atoms with Crippen LogP contribution in [0.15, 0.2) is 47.8 Å². The molecule has 144 valence electrons. The monoisotopic (exact) mass is 394 g/mol. The molecule has 0 aliphatic carbocycles. The van der Waals surface area contributed by atoms with Gasteiger partial charge in [0.05, 0.1) is 16.9 Å². The maximum absolute atomic E-state index is 12.4. The number of esters is 1. The van der Waals surface area contributed by atoms with Crippen LogP contribution in [0.5, 0.6) is 0 Å². The van der Waals surface area contributed by atoms with Gasteiger partial charge in [-0.1, -0.05) is 24.3 Å². The molecule has 6 heteroatoms. The lowest BCUT2D eigenvalue weighted by Gasteiger charge is -2.18. The summed E-state index contributed by atoms with van der Waals surface area (Å²) in [5, 5.41) is 2.35. The van der Waals surface area contributed by atoms with E-state index in [-0.39, 0.29) is 18.5 Å². The first-order valence-electron chi connectivity index (χ1n) is 8.92. The van der Waals surface area contributed by atoms with Gasteiger partial charge in [0.25, 0.3) is 0 Å². The number of thiazole rings is 1. The number of ether oxygens (including phenoxy) is 1. The van der Waals surface area contributed by atoms with Crippen molar-refractivity contribution >= 4 is 34.0 Å². The Morgan fingerprint density at radius 2 is 1.86 bits per heavy atom. The lowest BCUT2D eigenvalue weighted by atomic mass is 10.0. The average molecular weight is 394 g/mol. The molecule has 3 rings (SSSR count). The predicted octanol–water partition coefficient (Wildman–Crippen LogP) is 5.11. The Labute approximate surface area is 168 Å². The van der Waals surface area contributed by atoms with Gasteiger partial charge in [-0.3, -0.25) is 9.69 Å². The van der Waals surface area contributed by atoms with Gasteiger partial charge in [0, 0.05) is 12.3 Å². The largest absolute Gasteiger partial charge is 0.456 e. The highest BCUT2D eigenvalue weighted by Crippen LogP contribution is 2.29. The van der Waals surface area contributed by atoms with Gasteiger partial charge in [-0.05, 0) is 55.7 Å². The molecule has 0 bridgehead atoms. The summed E-state index contributed by atoms with van der Waals surface area (Å²) in [6.07, 6.45) is 0. The zero-order valence-corrected chi connectivity index (χ0v) is 17.2. The number of aryl methyl sites for hydroxylation is 2. The van der Waals surface area contributed by atoms with Gasteiger partial charge in [0.1, 0.15) is 6.61 Å². The molecule has 0 saturated heterocycles. The van der Waals surface area contributed by atoms with Crippen LogP contribution < -0.4 is 4.90 Å². The van der Waals surface area contributed by atoms with Crippen molar-refractivity contribution in [3.05, 3.63) is 75.8 Å². The van der Waals surface area contributed by atoms with Crippen LogP contribution in [-0.4, -0.2) is 16.9 Å². The fraction of sp³-hybridized carbons (Fsp3) is 0.227. The summed E-state index contributed by atoms with van der Waals surface area (Å²) in [4.78, 5) is 30.6. The molecule has 1 heterocycles. The maximum atomic E-state index is 12.4. The topological polar surface area (TPSA) is 59.5 Å². The second kappa shape index (κ2) is 8.35. The summed E-state index contributed by atoms with van der Waals surface area (Å²) in [7, 11) is 0. The number of anilines is 2. The van der Waals surface area contributed by atoms with E-state index in [1.165, 1.54) is 18.3 Å². The normalized spacial score (nSPS) is 10.6. The van der Waals surface area contributed by atoms with Gasteiger partial charge in [-0.25, -0.2) is 9.78 Å². The summed E-state index contributed by atoms with van der Waals surface area (Å²) in [6.45, 7) is 7.40. The number of nitrogens with zero attached hydrogens (tertiary/aromatic N) is 2. The molecule has 0 fully saturated rings. The Hall–Kier alpha value is -2.99. The number of carbonyl (C=O) groups is 2. The first-order valence-corrected chi connectivity index (χ1v) is 9.80. The zero-order valence-electron chi connectivity index (χ0n) is 16.4. The lowest BCUT2D eigenvalue weighted by Crippen LogP contribution is -2.22. The Kier molecular flexibility index (Phi) is 5.90. The van der Waals surface area contributed by atoms with E-state index in [0.29, 0.717) is 16.4 Å². The molecule has 0 aliphatic rings. The van der Waals surface area contributed by atoms with E-state index in [1.807, 2.05) is 57.2 Å². The second-order valence-electron chi connectivity index (χ2n) is 6.64. The van der Waals surface area contributed by atoms with Crippen LogP contribution in [-0.2, 0) is 16.1 Å². The van der Waals surface area contributed by atoms with Crippen LogP contribution in [0.2, 0.25) is 0 Å². The van der Waals surface area contributed by atoms with Gasteiger partial charge in [0.15, 0.2) is 5.13 Å². The number of aromatic nitrogens is 1. The maximum Gasteiger partial charge on any atom is 0.338 e. The first-order chi connectivity index (χ1) is 13.4. The van der Waals surface area contributed by atoms with Gasteiger partial charge in [0.2, 0.25) is 5.91 Å². The minimum atomic E-state index is -0.377. The molecule has 0 radical (unpaired) electrons. The van der Waals surface area contributed by atoms with Crippen LogP contribution in [0.3, 0.4) is 0 Å². The molecule has 2 aromatic carbocycles. The van der Waals surface area contributed by atoms with Crippen molar-refractivity contribution < 1.29 is 14.3 Å². The molecule has 3 aromatic rings. The van der Waals surface area contributed by atoms with E-state index in [4.69, 9.17) is 4.74 Å². The molecule has 1 aromatic heterocycles. The van der Waals surface area contributed by atoms with Crippen LogP contribution >= 0.6 is 11.3 Å². The van der Waals surface area contributed by atoms with Crippen molar-refractivity contribution in [2.24, 2.45) is 0 Å². The molecular formula is C22H22N2O3S. The van der Waals surface area contributed by atoms with E-state index in [9.17, 15) is 9.59 Å². The Balaban J connectivity index is 1.75. The van der Waals surface area contributed by atoms with Crippen molar-refractivity contribution in [3.8, 4) is 0 Å². The second-order valence-corrected chi connectivity index (χ2v) is 7.48. The third kappa shape index (κ3) is 4.28. The fourth-order valence-corrected chi connectivity index (χ4v) is 3.72. The summed E-state index contributed by atoms with van der Waals surface area (Å²) in [6, 6.07) is 13.2. The summed E-state index contributed by atoms with van der Waals surface area (Å²) >= 11 is 1.34. The number of amides is 1. The van der Waals surface area contributed by atoms with Crippen LogP contribution in [0.4, 0.5) is 10.8 Å². The van der Waals surface area contributed by atoms with Crippen LogP contribution in [0, 0.1) is 20.8 Å². The van der Waals surface area contributed by atoms with Crippen LogP contribution in [0.1, 0.15) is 39.7 Å². The van der Waals surface area contributed by atoms with E-state index in [2.05, 4.69) is 4.98 Å². The Bertz CT molecular complexity index is 1030. The third-order valence-corrected chi connectivity index (χ3v) is 5.36. The van der Waals surface area contributed by atoms with Crippen LogP contribution in [0.25, 0.3) is 0 Å². The summed E-state index contributed by atoms with van der Waals surface area (Å²) in [5.41, 5.74) is 4.94. The summed E-state index contributed by atoms with van der Waals surface area (Å²) < 4.78 is 5.43. The number of hydrogen-bond acceptors (Lipinski definition) is 5. The molecule has 28 heavy (non-hydrogen) atoms. The molecule has 0 N–H and O–H groups in total. The predicted molar refractivity (Wildman–Crippen MR) is 111 cm³/mol. The lowest BCUT2D eigenvalue weighted by molar-refractivity contribution is -0.115. The molecule has 0 atom stereocenters. The van der Waals surface area contributed by atoms with E-state index < -0.39 is 0 Å². The average Bonchev–Trinajstić information content (AvgIpc) is 3.10. The SMILES string of the molecule is CC(=O)N(c1cccc(C)c1)c1nc(COC(=O)c2cccc(C)c2C)cs1. The van der Waals surface area contributed by atoms with Gasteiger partial charge < -0.3 is 4.74 Å². The first kappa shape index (κ1) is 19.8. The highest BCUT2D eigenvalue weighted by Gasteiger charge is 2.19. The Morgan fingerprint density at radius 3 is 2.57 bits per heavy atom. The molecule has 0 unspecified atom stereocenters. The molecular weight excluding hydrogens is 372 g/mol. The van der Waals surface area contributed by atoms with E-state index in [1.54, 1.807) is 16.3 Å². The minimum absolute atomic E-state index is 0.0578. The molecule has 0 spiro atoms. The quantitative estimate of drug-likeness (QED) is 0.564. The third-order valence-electron chi connectivity index (χ3n) is 4.48. The number of carbonyl (C=O) groups excluding carboxylic acids is 2. The molecule has 5 nitrogen and oxygen atoms in total. The molecule has 0 aliphatic heterocycles. The summed E-state index contributed by atoms with van der Waals surface area (Å²) in [5.74, 6) is -0.503.